The second-order valence-corrected chi connectivity index (χ2v) is 9.51. The predicted octanol–water partition coefficient (Wildman–Crippen LogP) is 5.57. The number of amides is 1. The normalized spacial score (nSPS) is 11.8. The third kappa shape index (κ3) is 7.98. The van der Waals surface area contributed by atoms with E-state index in [1.54, 1.807) is 49.7 Å². The third-order valence-corrected chi connectivity index (χ3v) is 6.22. The van der Waals surface area contributed by atoms with Gasteiger partial charge in [-0.2, -0.15) is 13.2 Å². The van der Waals surface area contributed by atoms with Crippen molar-refractivity contribution in [2.75, 3.05) is 5.32 Å². The molecular weight excluding hydrogens is 537 g/mol. The number of hydrogen-bond acceptors (Lipinski definition) is 7. The molecule has 1 amide bonds. The minimum absolute atomic E-state index is 0.206. The molecule has 204 valence electrons. The largest absolute Gasteiger partial charge is 0.490 e. The number of carbonyl (C=O) groups excluding carboxylic acids is 1. The summed E-state index contributed by atoms with van der Waals surface area (Å²) in [5.74, 6) is -4.40. The zero-order valence-electron chi connectivity index (χ0n) is 20.6. The van der Waals surface area contributed by atoms with E-state index < -0.39 is 30.1 Å². The van der Waals surface area contributed by atoms with Crippen LogP contribution in [0.5, 0.6) is 0 Å². The summed E-state index contributed by atoms with van der Waals surface area (Å²) in [6.45, 7) is 3.52. The molecular formula is C26H23F3N4O5S. The Kier molecular flexibility index (Phi) is 9.20. The first-order valence-electron chi connectivity index (χ1n) is 11.4. The molecule has 0 spiro atoms. The molecule has 0 radical (unpaired) electrons. The Bertz CT molecular complexity index is 1420. The lowest BCUT2D eigenvalue weighted by Crippen LogP contribution is -2.44. The number of thiazole rings is 1. The number of anilines is 2. The van der Waals surface area contributed by atoms with Crippen LogP contribution in [0, 0.1) is 5.92 Å². The maximum Gasteiger partial charge on any atom is 0.490 e. The van der Waals surface area contributed by atoms with Gasteiger partial charge in [0.2, 0.25) is 0 Å². The van der Waals surface area contributed by atoms with Crippen LogP contribution >= 0.6 is 11.3 Å². The molecule has 9 nitrogen and oxygen atoms in total. The summed E-state index contributed by atoms with van der Waals surface area (Å²) >= 11 is 1.57. The number of carbonyl (C=O) groups is 3. The molecule has 0 fully saturated rings. The molecule has 4 N–H and O–H groups in total. The van der Waals surface area contributed by atoms with E-state index in [2.05, 4.69) is 20.6 Å². The lowest BCUT2D eigenvalue weighted by Gasteiger charge is -2.18. The summed E-state index contributed by atoms with van der Waals surface area (Å²) in [5, 5.41) is 23.1. The van der Waals surface area contributed by atoms with Gasteiger partial charge in [0.15, 0.2) is 5.13 Å². The van der Waals surface area contributed by atoms with Crippen LogP contribution in [0.15, 0.2) is 67.0 Å². The summed E-state index contributed by atoms with van der Waals surface area (Å²) in [4.78, 5) is 41.2. The van der Waals surface area contributed by atoms with Crippen LogP contribution in [0.2, 0.25) is 0 Å². The van der Waals surface area contributed by atoms with E-state index >= 15 is 0 Å². The standard InChI is InChI=1S/C24H22N4O3S.C2HF3O2/c1-14(2)21(23(30)31)28-22(29)17-5-3-15(4-6-17)16-7-9-18(10-8-16)26-24-27-19-13-25-12-11-20(19)32-24;3-2(4,5)1(6)7/h3-14,21H,1-2H3,(H,26,27)(H,28,29)(H,30,31);(H,6,7)/t21-;/m0./s1. The van der Waals surface area contributed by atoms with Gasteiger partial charge in [-0.1, -0.05) is 49.4 Å². The molecule has 0 aliphatic rings. The maximum atomic E-state index is 12.4. The number of hydrogen-bond donors (Lipinski definition) is 4. The molecule has 0 saturated carbocycles. The second kappa shape index (κ2) is 12.3. The second-order valence-electron chi connectivity index (χ2n) is 8.48. The van der Waals surface area contributed by atoms with Crippen LogP contribution in [0.1, 0.15) is 24.2 Å². The number of fused-ring (bicyclic) bond motifs is 1. The highest BCUT2D eigenvalue weighted by atomic mass is 32.1. The van der Waals surface area contributed by atoms with Crippen molar-refractivity contribution in [2.24, 2.45) is 5.92 Å². The van der Waals surface area contributed by atoms with Crippen LogP contribution in [0.25, 0.3) is 21.3 Å². The number of halogens is 3. The Morgan fingerprint density at radius 1 is 0.923 bits per heavy atom. The maximum absolute atomic E-state index is 12.4. The van der Waals surface area contributed by atoms with Gasteiger partial charge in [-0.3, -0.25) is 9.78 Å². The fourth-order valence-electron chi connectivity index (χ4n) is 3.26. The van der Waals surface area contributed by atoms with Gasteiger partial charge in [-0.15, -0.1) is 0 Å². The Balaban J connectivity index is 0.000000532. The van der Waals surface area contributed by atoms with Crippen molar-refractivity contribution in [1.82, 2.24) is 15.3 Å². The molecule has 1 atom stereocenters. The number of aliphatic carboxylic acids is 2. The molecule has 4 aromatic rings. The van der Waals surface area contributed by atoms with Crippen LogP contribution < -0.4 is 10.6 Å². The van der Waals surface area contributed by atoms with Crippen molar-refractivity contribution in [2.45, 2.75) is 26.1 Å². The van der Waals surface area contributed by atoms with Gasteiger partial charge in [0.25, 0.3) is 5.91 Å². The Morgan fingerprint density at radius 2 is 1.49 bits per heavy atom. The van der Waals surface area contributed by atoms with Gasteiger partial charge in [0, 0.05) is 17.4 Å². The number of pyridine rings is 1. The van der Waals surface area contributed by atoms with E-state index in [9.17, 15) is 27.9 Å². The highest BCUT2D eigenvalue weighted by molar-refractivity contribution is 7.22. The van der Waals surface area contributed by atoms with E-state index in [1.807, 2.05) is 42.5 Å². The van der Waals surface area contributed by atoms with E-state index in [1.165, 1.54) is 0 Å². The molecule has 2 aromatic heterocycles. The summed E-state index contributed by atoms with van der Waals surface area (Å²) in [5.41, 5.74) is 4.16. The summed E-state index contributed by atoms with van der Waals surface area (Å²) < 4.78 is 32.8. The van der Waals surface area contributed by atoms with Crippen molar-refractivity contribution >= 4 is 50.2 Å². The van der Waals surface area contributed by atoms with Gasteiger partial charge < -0.3 is 20.8 Å². The molecule has 0 aliphatic carbocycles. The summed E-state index contributed by atoms with van der Waals surface area (Å²) in [6, 6.07) is 16.0. The summed E-state index contributed by atoms with van der Waals surface area (Å²) in [6.07, 6.45) is -1.59. The van der Waals surface area contributed by atoms with Crippen LogP contribution in [-0.2, 0) is 9.59 Å². The Labute approximate surface area is 224 Å². The number of rotatable bonds is 7. The molecule has 39 heavy (non-hydrogen) atoms. The molecule has 13 heteroatoms. The molecule has 2 aromatic carbocycles. The van der Waals surface area contributed by atoms with Gasteiger partial charge in [0.05, 0.1) is 10.9 Å². The highest BCUT2D eigenvalue weighted by Gasteiger charge is 2.38. The van der Waals surface area contributed by atoms with Crippen molar-refractivity contribution in [3.05, 3.63) is 72.6 Å². The molecule has 2 heterocycles. The molecule has 0 unspecified atom stereocenters. The minimum Gasteiger partial charge on any atom is -0.480 e. The van der Waals surface area contributed by atoms with Gasteiger partial charge in [0.1, 0.15) is 11.6 Å². The first kappa shape index (κ1) is 29.0. The smallest absolute Gasteiger partial charge is 0.480 e. The summed E-state index contributed by atoms with van der Waals surface area (Å²) in [7, 11) is 0. The number of carboxylic acid groups (broad SMARTS) is 2. The first-order chi connectivity index (χ1) is 18.3. The van der Waals surface area contributed by atoms with E-state index in [-0.39, 0.29) is 5.92 Å². The Morgan fingerprint density at radius 3 is 1.97 bits per heavy atom. The number of nitrogens with zero attached hydrogens (tertiary/aromatic N) is 2. The highest BCUT2D eigenvalue weighted by Crippen LogP contribution is 2.29. The lowest BCUT2D eigenvalue weighted by molar-refractivity contribution is -0.192. The van der Waals surface area contributed by atoms with Crippen LogP contribution in [0.3, 0.4) is 0 Å². The fraction of sp³-hybridized carbons (Fsp3) is 0.192. The van der Waals surface area contributed by atoms with E-state index in [4.69, 9.17) is 9.90 Å². The predicted molar refractivity (Wildman–Crippen MR) is 140 cm³/mol. The van der Waals surface area contributed by atoms with Crippen molar-refractivity contribution in [1.29, 1.82) is 0 Å². The van der Waals surface area contributed by atoms with Gasteiger partial charge in [-0.25, -0.2) is 14.6 Å². The quantitative estimate of drug-likeness (QED) is 0.230. The first-order valence-corrected chi connectivity index (χ1v) is 12.2. The van der Waals surface area contributed by atoms with Crippen LogP contribution in [0.4, 0.5) is 24.0 Å². The van der Waals surface area contributed by atoms with Crippen molar-refractivity contribution in [3.63, 3.8) is 0 Å². The molecule has 0 bridgehead atoms. The fourth-order valence-corrected chi connectivity index (χ4v) is 4.11. The monoisotopic (exact) mass is 560 g/mol. The zero-order chi connectivity index (χ0) is 28.7. The van der Waals surface area contributed by atoms with Crippen LogP contribution in [-0.4, -0.2) is 50.2 Å². The van der Waals surface area contributed by atoms with E-state index in [0.29, 0.717) is 5.56 Å². The van der Waals surface area contributed by atoms with Crippen molar-refractivity contribution < 1.29 is 37.8 Å². The average Bonchev–Trinajstić information content (AvgIpc) is 3.29. The van der Waals surface area contributed by atoms with E-state index in [0.717, 1.165) is 32.2 Å². The third-order valence-electron chi connectivity index (χ3n) is 5.27. The topological polar surface area (TPSA) is 142 Å². The number of carboxylic acids is 2. The number of aromatic nitrogens is 2. The number of nitrogens with one attached hydrogen (secondary N) is 2. The zero-order valence-corrected chi connectivity index (χ0v) is 21.4. The lowest BCUT2D eigenvalue weighted by atomic mass is 10.0. The molecule has 0 saturated heterocycles. The number of benzene rings is 2. The van der Waals surface area contributed by atoms with Gasteiger partial charge in [-0.05, 0) is 47.4 Å². The average molecular weight is 561 g/mol. The van der Waals surface area contributed by atoms with Gasteiger partial charge >= 0.3 is 18.1 Å². The molecule has 0 aliphatic heterocycles. The van der Waals surface area contributed by atoms with Crippen molar-refractivity contribution in [3.8, 4) is 11.1 Å². The molecule has 4 rings (SSSR count). The minimum atomic E-state index is -5.08. The Hall–Kier alpha value is -4.52. The number of alkyl halides is 3. The SMILES string of the molecule is CC(C)[C@H](NC(=O)c1ccc(-c2ccc(Nc3nc4cnccc4s3)cc2)cc1)C(=O)O.O=C(O)C(F)(F)F.